The van der Waals surface area contributed by atoms with E-state index in [-0.39, 0.29) is 11.6 Å². The van der Waals surface area contributed by atoms with Crippen molar-refractivity contribution in [2.75, 3.05) is 11.5 Å². The maximum absolute atomic E-state index is 14.5. The van der Waals surface area contributed by atoms with Gasteiger partial charge in [0.05, 0.1) is 29.8 Å². The lowest BCUT2D eigenvalue weighted by Gasteiger charge is -2.45. The molecule has 0 spiro atoms. The second kappa shape index (κ2) is 6.64. The summed E-state index contributed by atoms with van der Waals surface area (Å²) in [5, 5.41) is 37.5. The van der Waals surface area contributed by atoms with E-state index in [0.29, 0.717) is 27.1 Å². The fraction of sp³-hybridized carbons (Fsp3) is 0.333. The zero-order valence-electron chi connectivity index (χ0n) is 13.0. The quantitative estimate of drug-likeness (QED) is 0.697. The van der Waals surface area contributed by atoms with E-state index in [0.717, 1.165) is 0 Å². The van der Waals surface area contributed by atoms with Crippen LogP contribution in [0.4, 0.5) is 4.39 Å². The van der Waals surface area contributed by atoms with Crippen molar-refractivity contribution in [1.82, 2.24) is 0 Å². The first-order valence-corrected chi connectivity index (χ1v) is 9.49. The van der Waals surface area contributed by atoms with Crippen molar-refractivity contribution in [3.8, 4) is 18.2 Å². The summed E-state index contributed by atoms with van der Waals surface area (Å²) in [5.74, 6) is -1.18. The van der Waals surface area contributed by atoms with Crippen LogP contribution in [0.15, 0.2) is 34.3 Å². The van der Waals surface area contributed by atoms with Crippen LogP contribution in [0.2, 0.25) is 0 Å². The van der Waals surface area contributed by atoms with Crippen LogP contribution < -0.4 is 0 Å². The largest absolute Gasteiger partial charge is 0.305 e. The third-order valence-corrected chi connectivity index (χ3v) is 6.34. The number of thioether (sulfide) groups is 1. The summed E-state index contributed by atoms with van der Waals surface area (Å²) in [6, 6.07) is 10.5. The molecule has 1 aromatic carbocycles. The molecule has 1 aliphatic heterocycles. The van der Waals surface area contributed by atoms with Gasteiger partial charge >= 0.3 is 0 Å². The molecular weight excluding hydrogens is 403 g/mol. The lowest BCUT2D eigenvalue weighted by Crippen LogP contribution is -2.48. The van der Waals surface area contributed by atoms with E-state index in [1.165, 1.54) is 6.07 Å². The highest BCUT2D eigenvalue weighted by Gasteiger charge is 2.56. The van der Waals surface area contributed by atoms with Gasteiger partial charge in [-0.25, -0.2) is 4.39 Å². The number of fused-ring (bicyclic) bond motifs is 1. The van der Waals surface area contributed by atoms with E-state index in [2.05, 4.69) is 22.0 Å². The molecule has 2 aliphatic rings. The predicted molar refractivity (Wildman–Crippen MR) is 96.2 cm³/mol. The maximum atomic E-state index is 14.5. The van der Waals surface area contributed by atoms with Gasteiger partial charge in [-0.3, -0.25) is 0 Å². The van der Waals surface area contributed by atoms with Gasteiger partial charge in [0.2, 0.25) is 5.41 Å². The van der Waals surface area contributed by atoms with Crippen LogP contribution in [-0.2, 0) is 0 Å². The first-order chi connectivity index (χ1) is 12.0. The zero-order chi connectivity index (χ0) is 18.2. The van der Waals surface area contributed by atoms with Gasteiger partial charge in [0, 0.05) is 27.8 Å². The summed E-state index contributed by atoms with van der Waals surface area (Å²) in [5.41, 5.74) is -1.10. The van der Waals surface area contributed by atoms with Crippen LogP contribution in [0.3, 0.4) is 0 Å². The van der Waals surface area contributed by atoms with Crippen LogP contribution in [0, 0.1) is 62.5 Å². The van der Waals surface area contributed by atoms with Gasteiger partial charge in [-0.05, 0) is 29.3 Å². The van der Waals surface area contributed by atoms with Crippen molar-refractivity contribution in [2.24, 2.45) is 17.3 Å². The van der Waals surface area contributed by atoms with Crippen LogP contribution in [-0.4, -0.2) is 17.2 Å². The van der Waals surface area contributed by atoms with Crippen LogP contribution in [0.25, 0.3) is 0 Å². The number of hydrogen-bond donors (Lipinski definition) is 1. The Morgan fingerprint density at radius 2 is 2.00 bits per heavy atom. The van der Waals surface area contributed by atoms with Crippen LogP contribution in [0.5, 0.6) is 0 Å². The first-order valence-electron chi connectivity index (χ1n) is 7.54. The summed E-state index contributed by atoms with van der Waals surface area (Å²) in [6.45, 7) is 0. The second-order valence-corrected chi connectivity index (χ2v) is 7.98. The molecule has 0 aromatic heterocycles. The lowest BCUT2D eigenvalue weighted by molar-refractivity contribution is 0.399. The SMILES string of the molecule is N#CC1C(=N)C(C#N)(C#N)C2=CCSCC2C1c1cc(Br)ccc1F. The summed E-state index contributed by atoms with van der Waals surface area (Å²) < 4.78 is 15.2. The smallest absolute Gasteiger partial charge is 0.203 e. The fourth-order valence-corrected chi connectivity index (χ4v) is 5.15. The number of halogens is 2. The number of nitrogens with zero attached hydrogens (tertiary/aromatic N) is 3. The molecule has 3 rings (SSSR count). The molecule has 3 atom stereocenters. The van der Waals surface area contributed by atoms with E-state index in [4.69, 9.17) is 5.41 Å². The van der Waals surface area contributed by atoms with E-state index in [9.17, 15) is 20.2 Å². The number of nitriles is 3. The standard InChI is InChI=1S/C18H12BrFN4S/c19-10-1-2-15(20)11(5-10)16-12(6-21)17(24)18(8-22,9-23)14-3-4-25-7-13(14)16/h1-3,5,12-13,16,24H,4,7H2. The maximum Gasteiger partial charge on any atom is 0.203 e. The highest BCUT2D eigenvalue weighted by molar-refractivity contribution is 9.10. The minimum absolute atomic E-state index is 0.251. The molecule has 0 radical (unpaired) electrons. The Hall–Kier alpha value is -2.14. The number of hydrogen-bond acceptors (Lipinski definition) is 5. The van der Waals surface area contributed by atoms with Crippen molar-refractivity contribution in [3.05, 3.63) is 45.7 Å². The Labute approximate surface area is 157 Å². The van der Waals surface area contributed by atoms with Gasteiger partial charge in [0.1, 0.15) is 5.82 Å². The molecule has 124 valence electrons. The number of allylic oxidation sites excluding steroid dienone is 1. The highest BCUT2D eigenvalue weighted by Crippen LogP contribution is 2.53. The summed E-state index contributed by atoms with van der Waals surface area (Å²) in [7, 11) is 0. The summed E-state index contributed by atoms with van der Waals surface area (Å²) in [4.78, 5) is 0. The molecule has 1 heterocycles. The van der Waals surface area contributed by atoms with Gasteiger partial charge in [0.15, 0.2) is 0 Å². The lowest BCUT2D eigenvalue weighted by atomic mass is 9.56. The molecule has 0 saturated heterocycles. The molecule has 0 bridgehead atoms. The molecule has 25 heavy (non-hydrogen) atoms. The third-order valence-electron chi connectivity index (χ3n) is 4.85. The topological polar surface area (TPSA) is 95.2 Å². The van der Waals surface area contributed by atoms with E-state index in [1.807, 2.05) is 12.1 Å². The van der Waals surface area contributed by atoms with Crippen molar-refractivity contribution in [3.63, 3.8) is 0 Å². The zero-order valence-corrected chi connectivity index (χ0v) is 15.4. The van der Waals surface area contributed by atoms with E-state index < -0.39 is 23.1 Å². The summed E-state index contributed by atoms with van der Waals surface area (Å²) in [6.07, 6.45) is 1.80. The first kappa shape index (κ1) is 17.7. The van der Waals surface area contributed by atoms with Crippen molar-refractivity contribution >= 4 is 33.4 Å². The molecule has 3 unspecified atom stereocenters. The average Bonchev–Trinajstić information content (AvgIpc) is 2.63. The van der Waals surface area contributed by atoms with Crippen LogP contribution >= 0.6 is 27.7 Å². The Bertz CT molecular complexity index is 891. The Morgan fingerprint density at radius 1 is 1.28 bits per heavy atom. The van der Waals surface area contributed by atoms with Crippen molar-refractivity contribution < 1.29 is 4.39 Å². The molecule has 1 saturated carbocycles. The number of benzene rings is 1. The van der Waals surface area contributed by atoms with E-state index in [1.54, 1.807) is 30.0 Å². The summed E-state index contributed by atoms with van der Waals surface area (Å²) >= 11 is 4.95. The molecule has 0 amide bonds. The monoisotopic (exact) mass is 414 g/mol. The Balaban J connectivity index is 2.26. The van der Waals surface area contributed by atoms with Gasteiger partial charge in [-0.2, -0.15) is 27.5 Å². The molecule has 1 N–H and O–H groups in total. The van der Waals surface area contributed by atoms with Gasteiger partial charge < -0.3 is 5.41 Å². The minimum atomic E-state index is -1.73. The molecule has 1 aliphatic carbocycles. The minimum Gasteiger partial charge on any atom is -0.305 e. The molecule has 1 aromatic rings. The molecular formula is C18H12BrFN4S. The molecule has 7 heteroatoms. The van der Waals surface area contributed by atoms with Crippen molar-refractivity contribution in [1.29, 1.82) is 21.2 Å². The number of rotatable bonds is 1. The highest BCUT2D eigenvalue weighted by atomic mass is 79.9. The third kappa shape index (κ3) is 2.58. The van der Waals surface area contributed by atoms with Gasteiger partial charge in [-0.1, -0.05) is 22.0 Å². The van der Waals surface area contributed by atoms with E-state index >= 15 is 0 Å². The second-order valence-electron chi connectivity index (χ2n) is 5.99. The average molecular weight is 415 g/mol. The fourth-order valence-electron chi connectivity index (χ4n) is 3.70. The van der Waals surface area contributed by atoms with Gasteiger partial charge in [-0.15, -0.1) is 0 Å². The number of nitrogens with one attached hydrogen (secondary N) is 1. The van der Waals surface area contributed by atoms with Gasteiger partial charge in [0.25, 0.3) is 0 Å². The normalized spacial score (nSPS) is 27.2. The Kier molecular flexibility index (Phi) is 4.69. The van der Waals surface area contributed by atoms with Crippen LogP contribution in [0.1, 0.15) is 11.5 Å². The Morgan fingerprint density at radius 3 is 2.64 bits per heavy atom. The predicted octanol–water partition coefficient (Wildman–Crippen LogP) is 4.17. The molecule has 4 nitrogen and oxygen atoms in total. The van der Waals surface area contributed by atoms with Crippen molar-refractivity contribution in [2.45, 2.75) is 5.92 Å². The molecule has 1 fully saturated rings.